The van der Waals surface area contributed by atoms with Crippen LogP contribution in [-0.2, 0) is 22.0 Å². The van der Waals surface area contributed by atoms with Crippen LogP contribution in [0.5, 0.6) is 5.75 Å². The monoisotopic (exact) mass is 504 g/mol. The normalized spacial score (nSPS) is 16.0. The molecule has 2 N–H and O–H groups in total. The molecule has 0 radical (unpaired) electrons. The summed E-state index contributed by atoms with van der Waals surface area (Å²) < 4.78 is 95.8. The van der Waals surface area contributed by atoms with Crippen molar-refractivity contribution in [2.45, 2.75) is 12.3 Å². The van der Waals surface area contributed by atoms with Gasteiger partial charge in [0.1, 0.15) is 24.5 Å². The minimum absolute atomic E-state index is 0.0183. The number of ether oxygens (including phenoxy) is 1. The van der Waals surface area contributed by atoms with Crippen molar-refractivity contribution in [1.82, 2.24) is 15.0 Å². The van der Waals surface area contributed by atoms with E-state index in [2.05, 4.69) is 20.3 Å². The van der Waals surface area contributed by atoms with Gasteiger partial charge in [-0.1, -0.05) is 41.8 Å². The Balaban J connectivity index is 1.71. The molecule has 1 atom stereocenters. The number of halogens is 2. The largest absolute Gasteiger partial charge is 0.488 e. The SMILES string of the molecule is [2H]c1c([2H])c([2H])c(C([2H])([2H])Oc2cc(F)ccc2-c2ncnc(Nc3ccc(Cl)c(CS(C)(=N)=O)c3)n2)c([2H])c1[2H]. The van der Waals surface area contributed by atoms with Gasteiger partial charge in [0.05, 0.1) is 20.9 Å². The molecule has 0 aliphatic heterocycles. The van der Waals surface area contributed by atoms with Gasteiger partial charge in [0.2, 0.25) is 5.95 Å². The van der Waals surface area contributed by atoms with E-state index in [0.29, 0.717) is 16.3 Å². The fourth-order valence-corrected chi connectivity index (χ4v) is 3.94. The van der Waals surface area contributed by atoms with Gasteiger partial charge < -0.3 is 10.1 Å². The van der Waals surface area contributed by atoms with Crippen LogP contribution < -0.4 is 10.1 Å². The van der Waals surface area contributed by atoms with E-state index in [4.69, 9.17) is 30.7 Å². The van der Waals surface area contributed by atoms with E-state index in [0.717, 1.165) is 18.5 Å². The third-order valence-electron chi connectivity index (χ3n) is 4.25. The number of anilines is 2. The zero-order valence-electron chi connectivity index (χ0n) is 24.6. The quantitative estimate of drug-likeness (QED) is 0.313. The highest BCUT2D eigenvalue weighted by molar-refractivity contribution is 7.90. The molecule has 0 amide bonds. The fraction of sp³-hybridized carbons (Fsp3) is 0.125. The summed E-state index contributed by atoms with van der Waals surface area (Å²) in [5.41, 5.74) is 0.180. The first-order valence-electron chi connectivity index (χ1n) is 13.1. The zero-order chi connectivity index (χ0) is 30.3. The van der Waals surface area contributed by atoms with E-state index in [1.54, 1.807) is 18.2 Å². The Kier molecular flexibility index (Phi) is 4.82. The highest BCUT2D eigenvalue weighted by atomic mass is 35.5. The topological polar surface area (TPSA) is 101 Å². The Labute approximate surface area is 211 Å². The van der Waals surface area contributed by atoms with Gasteiger partial charge in [-0.3, -0.25) is 4.78 Å². The maximum absolute atomic E-state index is 14.3. The average Bonchev–Trinajstić information content (AvgIpc) is 2.87. The summed E-state index contributed by atoms with van der Waals surface area (Å²) in [5.74, 6) is -1.32. The number of nitrogens with zero attached hydrogens (tertiary/aromatic N) is 3. The molecule has 4 aromatic rings. The predicted molar refractivity (Wildman–Crippen MR) is 131 cm³/mol. The van der Waals surface area contributed by atoms with Crippen molar-refractivity contribution in [2.24, 2.45) is 0 Å². The Morgan fingerprint density at radius 2 is 2.00 bits per heavy atom. The van der Waals surface area contributed by atoms with Crippen molar-refractivity contribution >= 4 is 33.0 Å². The third kappa shape index (κ3) is 6.27. The number of aromatic nitrogens is 3. The summed E-state index contributed by atoms with van der Waals surface area (Å²) in [7, 11) is -2.87. The van der Waals surface area contributed by atoms with Crippen LogP contribution in [0.2, 0.25) is 5.02 Å². The molecule has 0 fully saturated rings. The van der Waals surface area contributed by atoms with Crippen molar-refractivity contribution in [2.75, 3.05) is 11.6 Å². The Bertz CT molecular complexity index is 1750. The number of benzene rings is 3. The van der Waals surface area contributed by atoms with Gasteiger partial charge in [0.15, 0.2) is 5.82 Å². The molecular weight excluding hydrogens is 477 g/mol. The van der Waals surface area contributed by atoms with Crippen LogP contribution >= 0.6 is 11.6 Å². The minimum atomic E-state index is -2.99. The second-order valence-electron chi connectivity index (χ2n) is 7.06. The van der Waals surface area contributed by atoms with Crippen molar-refractivity contribution in [1.29, 1.82) is 4.78 Å². The lowest BCUT2D eigenvalue weighted by Crippen LogP contribution is -2.04. The molecule has 0 aliphatic rings. The molecule has 1 heterocycles. The van der Waals surface area contributed by atoms with E-state index in [9.17, 15) is 8.60 Å². The van der Waals surface area contributed by atoms with Gasteiger partial charge in [0.25, 0.3) is 0 Å². The lowest BCUT2D eigenvalue weighted by atomic mass is 10.1. The summed E-state index contributed by atoms with van der Waals surface area (Å²) >= 11 is 6.18. The molecule has 10 heteroatoms. The highest BCUT2D eigenvalue weighted by Crippen LogP contribution is 2.30. The maximum Gasteiger partial charge on any atom is 0.230 e. The number of hydrogen-bond acceptors (Lipinski definition) is 7. The van der Waals surface area contributed by atoms with Gasteiger partial charge >= 0.3 is 0 Å². The second-order valence-corrected chi connectivity index (χ2v) is 9.76. The van der Waals surface area contributed by atoms with Gasteiger partial charge in [-0.05, 0) is 41.5 Å². The van der Waals surface area contributed by atoms with Crippen LogP contribution in [0.4, 0.5) is 16.0 Å². The molecular formula is C24H21ClFN5O2S. The van der Waals surface area contributed by atoms with E-state index >= 15 is 0 Å². The summed E-state index contributed by atoms with van der Waals surface area (Å²) in [6, 6.07) is 4.07. The molecule has 3 aromatic carbocycles. The summed E-state index contributed by atoms with van der Waals surface area (Å²) in [5, 5.41) is 3.26. The fourth-order valence-electron chi connectivity index (χ4n) is 2.85. The molecule has 0 saturated heterocycles. The Morgan fingerprint density at radius 3 is 2.76 bits per heavy atom. The molecule has 7 nitrogen and oxygen atoms in total. The molecule has 0 aliphatic carbocycles. The Hall–Kier alpha value is -3.56. The van der Waals surface area contributed by atoms with Gasteiger partial charge in [-0.2, -0.15) is 4.98 Å². The number of nitrogens with one attached hydrogen (secondary N) is 2. The molecule has 0 saturated carbocycles. The van der Waals surface area contributed by atoms with Gasteiger partial charge in [0, 0.05) is 32.8 Å². The summed E-state index contributed by atoms with van der Waals surface area (Å²) in [4.78, 5) is 12.4. The van der Waals surface area contributed by atoms with E-state index < -0.39 is 63.6 Å². The highest BCUT2D eigenvalue weighted by Gasteiger charge is 2.13. The van der Waals surface area contributed by atoms with Crippen LogP contribution in [0, 0.1) is 10.6 Å². The van der Waals surface area contributed by atoms with Crippen LogP contribution in [0.1, 0.15) is 20.7 Å². The molecule has 34 heavy (non-hydrogen) atoms. The molecule has 174 valence electrons. The Morgan fingerprint density at radius 1 is 1.21 bits per heavy atom. The lowest BCUT2D eigenvalue weighted by Gasteiger charge is -2.12. The first-order valence-corrected chi connectivity index (χ1v) is 12.1. The molecule has 0 bridgehead atoms. The smallest absolute Gasteiger partial charge is 0.230 e. The van der Waals surface area contributed by atoms with Crippen LogP contribution in [0.25, 0.3) is 11.4 Å². The third-order valence-corrected chi connectivity index (χ3v) is 5.48. The first-order chi connectivity index (χ1) is 19.1. The second kappa shape index (κ2) is 10.1. The predicted octanol–water partition coefficient (Wildman–Crippen LogP) is 5.83. The van der Waals surface area contributed by atoms with Crippen molar-refractivity contribution in [3.05, 3.63) is 94.9 Å². The summed E-state index contributed by atoms with van der Waals surface area (Å²) in [6.07, 6.45) is 2.44. The van der Waals surface area contributed by atoms with Crippen molar-refractivity contribution in [3.63, 3.8) is 0 Å². The van der Waals surface area contributed by atoms with Gasteiger partial charge in [-0.25, -0.2) is 18.6 Å². The van der Waals surface area contributed by atoms with E-state index in [-0.39, 0.29) is 23.1 Å². The first kappa shape index (κ1) is 16.1. The molecule has 1 unspecified atom stereocenters. The summed E-state index contributed by atoms with van der Waals surface area (Å²) in [6.45, 7) is -2.99. The van der Waals surface area contributed by atoms with Crippen LogP contribution in [0.15, 0.2) is 72.9 Å². The van der Waals surface area contributed by atoms with Crippen molar-refractivity contribution in [3.8, 4) is 17.1 Å². The standard InChI is InChI=1S/C24H21ClFN5O2S/c1-34(27,32)14-17-11-19(8-10-21(17)25)30-24-29-15-28-23(31-24)20-9-7-18(26)12-22(20)33-13-16-5-3-2-4-6-16/h2-12,15,27H,13-14H2,1H3,(H,28,29,30,31)/i2D,3D,4D,5D,6D,13D2. The molecule has 4 rings (SSSR count). The lowest BCUT2D eigenvalue weighted by molar-refractivity contribution is 0.306. The van der Waals surface area contributed by atoms with Crippen LogP contribution in [-0.4, -0.2) is 25.4 Å². The maximum atomic E-state index is 14.3. The molecule has 0 spiro atoms. The molecule has 1 aromatic heterocycles. The number of rotatable bonds is 8. The average molecular weight is 505 g/mol. The van der Waals surface area contributed by atoms with Gasteiger partial charge in [-0.15, -0.1) is 0 Å². The van der Waals surface area contributed by atoms with E-state index in [1.165, 1.54) is 12.3 Å². The van der Waals surface area contributed by atoms with Crippen molar-refractivity contribution < 1.29 is 22.9 Å². The number of hydrogen-bond donors (Lipinski definition) is 2. The minimum Gasteiger partial charge on any atom is -0.488 e. The zero-order valence-corrected chi connectivity index (χ0v) is 19.1. The van der Waals surface area contributed by atoms with E-state index in [1.807, 2.05) is 0 Å². The van der Waals surface area contributed by atoms with Crippen LogP contribution in [0.3, 0.4) is 0 Å².